The highest BCUT2D eigenvalue weighted by Crippen LogP contribution is 2.14. The van der Waals surface area contributed by atoms with E-state index in [0.717, 1.165) is 17.1 Å². The summed E-state index contributed by atoms with van der Waals surface area (Å²) >= 11 is 0. The molecule has 0 radical (unpaired) electrons. The van der Waals surface area contributed by atoms with E-state index in [2.05, 4.69) is 5.32 Å². The van der Waals surface area contributed by atoms with Crippen molar-refractivity contribution in [1.29, 1.82) is 0 Å². The van der Waals surface area contributed by atoms with E-state index >= 15 is 0 Å². The molecule has 0 aromatic heterocycles. The number of hydrogen-bond donors (Lipinski definition) is 2. The molecule has 2 N–H and O–H groups in total. The molecular weight excluding hydrogens is 342 g/mol. The van der Waals surface area contributed by atoms with Crippen LogP contribution in [-0.2, 0) is 11.2 Å². The molecule has 0 heterocycles. The fourth-order valence-electron chi connectivity index (χ4n) is 2.39. The number of carbonyl (C=O) groups is 1. The molecule has 2 aromatic carbocycles. The van der Waals surface area contributed by atoms with E-state index in [1.54, 1.807) is 0 Å². The molecule has 1 unspecified atom stereocenters. The van der Waals surface area contributed by atoms with E-state index in [-0.39, 0.29) is 18.3 Å². The highest BCUT2D eigenvalue weighted by molar-refractivity contribution is 5.82. The Hall–Kier alpha value is -2.37. The number of aliphatic hydroxyl groups is 1. The first kappa shape index (κ1) is 20.9. The van der Waals surface area contributed by atoms with Gasteiger partial charge in [-0.2, -0.15) is 0 Å². The van der Waals surface area contributed by atoms with Gasteiger partial charge >= 0.3 is 0 Å². The van der Waals surface area contributed by atoms with Gasteiger partial charge in [-0.1, -0.05) is 44.2 Å². The largest absolute Gasteiger partial charge is 0.492 e. The average Bonchev–Trinajstić information content (AvgIpc) is 2.68. The summed E-state index contributed by atoms with van der Waals surface area (Å²) in [6, 6.07) is 17.0. The number of benzene rings is 2. The van der Waals surface area contributed by atoms with Gasteiger partial charge in [0.2, 0.25) is 0 Å². The van der Waals surface area contributed by atoms with Crippen LogP contribution in [0.3, 0.4) is 0 Å². The normalized spacial score (nSPS) is 12.0. The molecule has 5 heteroatoms. The fraction of sp³-hybridized carbons (Fsp3) is 0.409. The van der Waals surface area contributed by atoms with E-state index in [4.69, 9.17) is 9.47 Å². The molecule has 0 aliphatic carbocycles. The molecule has 0 saturated heterocycles. The standard InChI is InChI=1S/C22H29NO4/c1-17(2)22(25)14-18-8-10-21(11-9-18)26-13-12-23-15-19(24)16-27-20-6-4-3-5-7-20/h3-11,17,19,23-24H,12-16H2,1-2H3. The molecular formula is C22H29NO4. The number of para-hydroxylation sites is 1. The molecule has 2 aromatic rings. The van der Waals surface area contributed by atoms with Crippen molar-refractivity contribution in [3.8, 4) is 11.5 Å². The second-order valence-electron chi connectivity index (χ2n) is 6.77. The van der Waals surface area contributed by atoms with Crippen molar-refractivity contribution in [3.63, 3.8) is 0 Å². The number of Topliss-reactive ketones (excluding diaryl/α,β-unsaturated/α-hetero) is 1. The molecule has 0 spiro atoms. The molecule has 0 bridgehead atoms. The number of aliphatic hydroxyl groups excluding tert-OH is 1. The third kappa shape index (κ3) is 8.24. The van der Waals surface area contributed by atoms with Gasteiger partial charge in [0.05, 0.1) is 0 Å². The predicted octanol–water partition coefficient (Wildman–Crippen LogP) is 2.86. The number of carbonyl (C=O) groups excluding carboxylic acids is 1. The van der Waals surface area contributed by atoms with Crippen LogP contribution >= 0.6 is 0 Å². The summed E-state index contributed by atoms with van der Waals surface area (Å²) in [4.78, 5) is 11.8. The van der Waals surface area contributed by atoms with Crippen molar-refractivity contribution < 1.29 is 19.4 Å². The maximum atomic E-state index is 11.8. The van der Waals surface area contributed by atoms with Crippen LogP contribution in [0.4, 0.5) is 0 Å². The molecule has 146 valence electrons. The van der Waals surface area contributed by atoms with Crippen LogP contribution in [0.15, 0.2) is 54.6 Å². The minimum atomic E-state index is -0.581. The average molecular weight is 371 g/mol. The van der Waals surface area contributed by atoms with Gasteiger partial charge in [-0.3, -0.25) is 4.79 Å². The number of nitrogens with one attached hydrogen (secondary N) is 1. The second kappa shape index (κ2) is 11.4. The first-order valence-electron chi connectivity index (χ1n) is 9.35. The van der Waals surface area contributed by atoms with Crippen LogP contribution in [0.2, 0.25) is 0 Å². The van der Waals surface area contributed by atoms with Crippen molar-refractivity contribution in [3.05, 3.63) is 60.2 Å². The highest BCUT2D eigenvalue weighted by Gasteiger charge is 2.08. The summed E-state index contributed by atoms with van der Waals surface area (Å²) in [7, 11) is 0. The number of rotatable bonds is 12. The fourth-order valence-corrected chi connectivity index (χ4v) is 2.39. The van der Waals surface area contributed by atoms with E-state index in [0.29, 0.717) is 26.1 Å². The molecule has 0 fully saturated rings. The topological polar surface area (TPSA) is 67.8 Å². The predicted molar refractivity (Wildman–Crippen MR) is 106 cm³/mol. The molecule has 0 amide bonds. The third-order valence-corrected chi connectivity index (χ3v) is 4.06. The van der Waals surface area contributed by atoms with Gasteiger partial charge in [0.25, 0.3) is 0 Å². The van der Waals surface area contributed by atoms with Gasteiger partial charge in [0.1, 0.15) is 36.6 Å². The van der Waals surface area contributed by atoms with Crippen LogP contribution in [-0.4, -0.2) is 43.3 Å². The van der Waals surface area contributed by atoms with Gasteiger partial charge in [0.15, 0.2) is 0 Å². The minimum absolute atomic E-state index is 0.0560. The van der Waals surface area contributed by atoms with Crippen molar-refractivity contribution in [2.75, 3.05) is 26.3 Å². The van der Waals surface area contributed by atoms with Gasteiger partial charge in [-0.15, -0.1) is 0 Å². The van der Waals surface area contributed by atoms with Crippen LogP contribution in [0.25, 0.3) is 0 Å². The Bertz CT molecular complexity index is 670. The monoisotopic (exact) mass is 371 g/mol. The number of ether oxygens (including phenoxy) is 2. The molecule has 0 aliphatic rings. The summed E-state index contributed by atoms with van der Waals surface area (Å²) in [5, 5.41) is 13.1. The van der Waals surface area contributed by atoms with Crippen molar-refractivity contribution >= 4 is 5.78 Å². The molecule has 1 atom stereocenters. The molecule has 0 saturated carbocycles. The number of hydrogen-bond acceptors (Lipinski definition) is 5. The van der Waals surface area contributed by atoms with Crippen molar-refractivity contribution in [2.45, 2.75) is 26.4 Å². The third-order valence-electron chi connectivity index (χ3n) is 4.06. The molecule has 0 aliphatic heterocycles. The first-order valence-corrected chi connectivity index (χ1v) is 9.35. The zero-order chi connectivity index (χ0) is 19.5. The Morgan fingerprint density at radius 2 is 1.67 bits per heavy atom. The Morgan fingerprint density at radius 1 is 1.00 bits per heavy atom. The summed E-state index contributed by atoms with van der Waals surface area (Å²) in [6.07, 6.45) is -0.120. The van der Waals surface area contributed by atoms with Crippen LogP contribution in [0.5, 0.6) is 11.5 Å². The lowest BCUT2D eigenvalue weighted by molar-refractivity contribution is -0.121. The van der Waals surface area contributed by atoms with E-state index in [9.17, 15) is 9.90 Å². The van der Waals surface area contributed by atoms with Crippen LogP contribution in [0.1, 0.15) is 19.4 Å². The summed E-state index contributed by atoms with van der Waals surface area (Å²) in [5.74, 6) is 1.81. The quantitative estimate of drug-likeness (QED) is 0.562. The second-order valence-corrected chi connectivity index (χ2v) is 6.77. The van der Waals surface area contributed by atoms with Crippen LogP contribution in [0, 0.1) is 5.92 Å². The Labute approximate surface area is 161 Å². The Balaban J connectivity index is 1.57. The number of ketones is 1. The summed E-state index contributed by atoms with van der Waals surface area (Å²) in [5.41, 5.74) is 1.00. The zero-order valence-corrected chi connectivity index (χ0v) is 16.1. The maximum absolute atomic E-state index is 11.8. The first-order chi connectivity index (χ1) is 13.0. The Morgan fingerprint density at radius 3 is 2.33 bits per heavy atom. The molecule has 2 rings (SSSR count). The van der Waals surface area contributed by atoms with Crippen molar-refractivity contribution in [2.24, 2.45) is 5.92 Å². The van der Waals surface area contributed by atoms with E-state index in [1.165, 1.54) is 0 Å². The summed E-state index contributed by atoms with van der Waals surface area (Å²) < 4.78 is 11.2. The zero-order valence-electron chi connectivity index (χ0n) is 16.1. The SMILES string of the molecule is CC(C)C(=O)Cc1ccc(OCCNCC(O)COc2ccccc2)cc1. The molecule has 27 heavy (non-hydrogen) atoms. The molecule has 5 nitrogen and oxygen atoms in total. The van der Waals surface area contributed by atoms with Gasteiger partial charge in [-0.25, -0.2) is 0 Å². The van der Waals surface area contributed by atoms with E-state index < -0.39 is 6.10 Å². The lowest BCUT2D eigenvalue weighted by Gasteiger charge is -2.13. The van der Waals surface area contributed by atoms with Gasteiger partial charge < -0.3 is 19.9 Å². The highest BCUT2D eigenvalue weighted by atomic mass is 16.5. The Kier molecular flexibility index (Phi) is 8.81. The summed E-state index contributed by atoms with van der Waals surface area (Å²) in [6.45, 7) is 5.63. The van der Waals surface area contributed by atoms with Crippen LogP contribution < -0.4 is 14.8 Å². The maximum Gasteiger partial charge on any atom is 0.139 e. The van der Waals surface area contributed by atoms with E-state index in [1.807, 2.05) is 68.4 Å². The van der Waals surface area contributed by atoms with Crippen molar-refractivity contribution in [1.82, 2.24) is 5.32 Å². The minimum Gasteiger partial charge on any atom is -0.492 e. The van der Waals surface area contributed by atoms with Gasteiger partial charge in [-0.05, 0) is 29.8 Å². The lowest BCUT2D eigenvalue weighted by atomic mass is 10.0. The van der Waals surface area contributed by atoms with Gasteiger partial charge in [0, 0.05) is 25.4 Å². The smallest absolute Gasteiger partial charge is 0.139 e. The lowest BCUT2D eigenvalue weighted by Crippen LogP contribution is -2.33.